The summed E-state index contributed by atoms with van der Waals surface area (Å²) in [6.07, 6.45) is 1.71. The van der Waals surface area contributed by atoms with Gasteiger partial charge in [-0.1, -0.05) is 0 Å². The van der Waals surface area contributed by atoms with Crippen LogP contribution >= 0.6 is 0 Å². The van der Waals surface area contributed by atoms with E-state index in [2.05, 4.69) is 15.3 Å². The van der Waals surface area contributed by atoms with Crippen molar-refractivity contribution in [1.82, 2.24) is 9.97 Å². The van der Waals surface area contributed by atoms with E-state index in [-0.39, 0.29) is 11.6 Å². The summed E-state index contributed by atoms with van der Waals surface area (Å²) in [4.78, 5) is 8.29. The van der Waals surface area contributed by atoms with Crippen LogP contribution in [-0.2, 0) is 6.54 Å². The molecule has 0 fully saturated rings. The maximum Gasteiger partial charge on any atom is 0.167 e. The van der Waals surface area contributed by atoms with Crippen LogP contribution in [0.2, 0.25) is 0 Å². The Hall–Kier alpha value is -2.17. The Morgan fingerprint density at radius 1 is 1.32 bits per heavy atom. The van der Waals surface area contributed by atoms with Crippen LogP contribution in [0.4, 0.5) is 10.1 Å². The van der Waals surface area contributed by atoms with Crippen LogP contribution in [0.1, 0.15) is 18.4 Å². The number of nitrogens with zero attached hydrogens (tertiary/aromatic N) is 2. The van der Waals surface area contributed by atoms with Gasteiger partial charge in [-0.3, -0.25) is 0 Å². The number of hydrogen-bond acceptors (Lipinski definition) is 4. The molecule has 0 saturated heterocycles. The molecular weight excluding hydrogens is 245 g/mol. The van der Waals surface area contributed by atoms with Gasteiger partial charge in [-0.15, -0.1) is 0 Å². The monoisotopic (exact) mass is 261 g/mol. The van der Waals surface area contributed by atoms with Crippen molar-refractivity contribution in [3.8, 4) is 5.75 Å². The molecule has 2 aromatic rings. The van der Waals surface area contributed by atoms with Gasteiger partial charge in [0.25, 0.3) is 0 Å². The highest BCUT2D eigenvalue weighted by Crippen LogP contribution is 2.21. The van der Waals surface area contributed by atoms with Crippen molar-refractivity contribution < 1.29 is 9.13 Å². The first kappa shape index (κ1) is 13.3. The lowest BCUT2D eigenvalue weighted by molar-refractivity contribution is 0.321. The molecule has 0 unspecified atom stereocenters. The van der Waals surface area contributed by atoms with Crippen LogP contribution < -0.4 is 10.1 Å². The van der Waals surface area contributed by atoms with Crippen molar-refractivity contribution in [3.63, 3.8) is 0 Å². The number of benzene rings is 1. The van der Waals surface area contributed by atoms with Crippen LogP contribution in [0, 0.1) is 12.7 Å². The fourth-order valence-corrected chi connectivity index (χ4v) is 1.68. The predicted molar refractivity (Wildman–Crippen MR) is 71.7 cm³/mol. The summed E-state index contributed by atoms with van der Waals surface area (Å²) in [5, 5.41) is 3.11. The average Bonchev–Trinajstić information content (AvgIpc) is 2.39. The Bertz CT molecular complexity index is 560. The van der Waals surface area contributed by atoms with Crippen molar-refractivity contribution in [2.45, 2.75) is 20.4 Å². The SMILES string of the molecule is CCOc1ccc(NCc2ccnc(C)n2)cc1F. The van der Waals surface area contributed by atoms with Gasteiger partial charge in [0.2, 0.25) is 0 Å². The summed E-state index contributed by atoms with van der Waals surface area (Å²) in [6, 6.07) is 6.64. The van der Waals surface area contributed by atoms with E-state index in [1.54, 1.807) is 18.3 Å². The third-order valence-corrected chi connectivity index (χ3v) is 2.54. The number of anilines is 1. The first-order chi connectivity index (χ1) is 9.19. The van der Waals surface area contributed by atoms with Gasteiger partial charge in [-0.05, 0) is 32.0 Å². The molecule has 0 saturated carbocycles. The lowest BCUT2D eigenvalue weighted by atomic mass is 10.2. The molecule has 1 aromatic carbocycles. The van der Waals surface area contributed by atoms with Crippen molar-refractivity contribution in [2.75, 3.05) is 11.9 Å². The van der Waals surface area contributed by atoms with E-state index >= 15 is 0 Å². The molecule has 0 atom stereocenters. The number of rotatable bonds is 5. The lowest BCUT2D eigenvalue weighted by Crippen LogP contribution is -2.04. The molecule has 4 nitrogen and oxygen atoms in total. The topological polar surface area (TPSA) is 47.0 Å². The Morgan fingerprint density at radius 3 is 2.84 bits per heavy atom. The number of aryl methyl sites for hydroxylation is 1. The maximum atomic E-state index is 13.6. The van der Waals surface area contributed by atoms with Gasteiger partial charge >= 0.3 is 0 Å². The molecular formula is C14H16FN3O. The second-order valence-corrected chi connectivity index (χ2v) is 4.03. The van der Waals surface area contributed by atoms with Gasteiger partial charge in [0.15, 0.2) is 11.6 Å². The van der Waals surface area contributed by atoms with Crippen LogP contribution in [-0.4, -0.2) is 16.6 Å². The first-order valence-electron chi connectivity index (χ1n) is 6.14. The van der Waals surface area contributed by atoms with Gasteiger partial charge < -0.3 is 10.1 Å². The maximum absolute atomic E-state index is 13.6. The third kappa shape index (κ3) is 3.64. The highest BCUT2D eigenvalue weighted by molar-refractivity contribution is 5.47. The molecule has 0 aliphatic carbocycles. The average molecular weight is 261 g/mol. The van der Waals surface area contributed by atoms with Crippen molar-refractivity contribution >= 4 is 5.69 Å². The molecule has 0 amide bonds. The van der Waals surface area contributed by atoms with Gasteiger partial charge in [0.05, 0.1) is 18.8 Å². The van der Waals surface area contributed by atoms with Crippen LogP contribution in [0.15, 0.2) is 30.5 Å². The van der Waals surface area contributed by atoms with Gasteiger partial charge in [0.1, 0.15) is 5.82 Å². The summed E-state index contributed by atoms with van der Waals surface area (Å²) in [6.45, 7) is 4.63. The quantitative estimate of drug-likeness (QED) is 0.899. The van der Waals surface area contributed by atoms with Crippen LogP contribution in [0.25, 0.3) is 0 Å². The minimum absolute atomic E-state index is 0.269. The van der Waals surface area contributed by atoms with Crippen LogP contribution in [0.5, 0.6) is 5.75 Å². The third-order valence-electron chi connectivity index (χ3n) is 2.54. The molecule has 1 N–H and O–H groups in total. The van der Waals surface area contributed by atoms with E-state index in [4.69, 9.17) is 4.74 Å². The fourth-order valence-electron chi connectivity index (χ4n) is 1.68. The molecule has 0 aliphatic heterocycles. The number of ether oxygens (including phenoxy) is 1. The zero-order valence-electron chi connectivity index (χ0n) is 11.0. The first-order valence-corrected chi connectivity index (χ1v) is 6.14. The number of hydrogen-bond donors (Lipinski definition) is 1. The minimum atomic E-state index is -0.370. The van der Waals surface area contributed by atoms with E-state index in [1.165, 1.54) is 6.07 Å². The minimum Gasteiger partial charge on any atom is -0.491 e. The van der Waals surface area contributed by atoms with Crippen molar-refractivity contribution in [3.05, 3.63) is 47.8 Å². The number of halogens is 1. The summed E-state index contributed by atoms with van der Waals surface area (Å²) >= 11 is 0. The Labute approximate surface area is 111 Å². The second kappa shape index (κ2) is 6.13. The zero-order chi connectivity index (χ0) is 13.7. The second-order valence-electron chi connectivity index (χ2n) is 4.03. The van der Waals surface area contributed by atoms with Crippen LogP contribution in [0.3, 0.4) is 0 Å². The van der Waals surface area contributed by atoms with Crippen molar-refractivity contribution in [2.24, 2.45) is 0 Å². The van der Waals surface area contributed by atoms with E-state index in [0.29, 0.717) is 18.8 Å². The normalized spacial score (nSPS) is 10.3. The molecule has 0 aliphatic rings. The lowest BCUT2D eigenvalue weighted by Gasteiger charge is -2.09. The Morgan fingerprint density at radius 2 is 2.16 bits per heavy atom. The predicted octanol–water partition coefficient (Wildman–Crippen LogP) is 2.93. The Balaban J connectivity index is 2.02. The van der Waals surface area contributed by atoms with Crippen molar-refractivity contribution in [1.29, 1.82) is 0 Å². The molecule has 0 radical (unpaired) electrons. The number of aromatic nitrogens is 2. The summed E-state index contributed by atoms with van der Waals surface area (Å²) in [5.41, 5.74) is 1.55. The smallest absolute Gasteiger partial charge is 0.167 e. The highest BCUT2D eigenvalue weighted by atomic mass is 19.1. The molecule has 2 rings (SSSR count). The summed E-state index contributed by atoms with van der Waals surface area (Å²) in [5.74, 6) is 0.619. The van der Waals surface area contributed by atoms with E-state index in [0.717, 1.165) is 11.5 Å². The van der Waals surface area contributed by atoms with E-state index in [1.807, 2.05) is 19.9 Å². The summed E-state index contributed by atoms with van der Waals surface area (Å²) in [7, 11) is 0. The molecule has 1 heterocycles. The molecule has 100 valence electrons. The van der Waals surface area contributed by atoms with Gasteiger partial charge in [-0.25, -0.2) is 14.4 Å². The molecule has 5 heteroatoms. The highest BCUT2D eigenvalue weighted by Gasteiger charge is 2.04. The zero-order valence-corrected chi connectivity index (χ0v) is 11.0. The van der Waals surface area contributed by atoms with Gasteiger partial charge in [0, 0.05) is 18.0 Å². The van der Waals surface area contributed by atoms with Gasteiger partial charge in [-0.2, -0.15) is 0 Å². The molecule has 19 heavy (non-hydrogen) atoms. The number of nitrogens with one attached hydrogen (secondary N) is 1. The summed E-state index contributed by atoms with van der Waals surface area (Å²) < 4.78 is 18.8. The largest absolute Gasteiger partial charge is 0.491 e. The Kier molecular flexibility index (Phi) is 4.28. The van der Waals surface area contributed by atoms with E-state index in [9.17, 15) is 4.39 Å². The molecule has 0 bridgehead atoms. The molecule has 1 aromatic heterocycles. The standard InChI is InChI=1S/C14H16FN3O/c1-3-19-14-5-4-11(8-13(14)15)17-9-12-6-7-16-10(2)18-12/h4-8,17H,3,9H2,1-2H3. The molecule has 0 spiro atoms. The van der Waals surface area contributed by atoms with E-state index < -0.39 is 0 Å². The fraction of sp³-hybridized carbons (Fsp3) is 0.286.